The zero-order valence-corrected chi connectivity index (χ0v) is 37.8. The average Bonchev–Trinajstić information content (AvgIpc) is 3.34. The molecule has 5 unspecified atom stereocenters. The molecule has 0 saturated carbocycles. The second kappa shape index (κ2) is 20.9. The Labute approximate surface area is 386 Å². The first-order valence-electron chi connectivity index (χ1n) is 22.2. The first-order chi connectivity index (χ1) is 31.9. The van der Waals surface area contributed by atoms with Crippen LogP contribution in [-0.2, 0) is 43.9 Å². The summed E-state index contributed by atoms with van der Waals surface area (Å²) in [5.74, 6) is -0.421. The molecule has 2 fully saturated rings. The Morgan fingerprint density at radius 3 is 2.11 bits per heavy atom. The number of sulfonamides is 1. The number of carbonyl (C=O) groups is 1. The minimum atomic E-state index is -3.98. The van der Waals surface area contributed by atoms with Crippen LogP contribution < -0.4 is 14.9 Å². The largest absolute Gasteiger partial charge is 0.392 e. The molecule has 6 aromatic rings. The maximum atomic E-state index is 13.7. The lowest BCUT2D eigenvalue weighted by atomic mass is 9.89. The lowest BCUT2D eigenvalue weighted by molar-refractivity contribution is -0.384. The normalized spacial score (nSPS) is 19.5. The number of anilines is 1. The SMILES string of the molecule is Cc1ccc(S(=O)(=O)NC(Cc2ccccc2)C(=O)NCc2cccc(-c3ccc(C4OC(CN5CCN(c6ccc([N+](=O)[O-])cc6)CC5)C(C)C(c5ccc(CO)cc5)O4)cc3)c2)cc1. The summed E-state index contributed by atoms with van der Waals surface area (Å²) in [6, 6.07) is 45.4. The molecule has 2 aliphatic heterocycles. The van der Waals surface area contributed by atoms with Crippen LogP contribution in [0.2, 0.25) is 0 Å². The maximum Gasteiger partial charge on any atom is 0.269 e. The number of carbonyl (C=O) groups excluding carboxylic acids is 1. The van der Waals surface area contributed by atoms with E-state index in [0.29, 0.717) is 6.54 Å². The number of nitro groups is 1. The molecule has 2 saturated heterocycles. The summed E-state index contributed by atoms with van der Waals surface area (Å²) in [5.41, 5.74) is 8.27. The van der Waals surface area contributed by atoms with Gasteiger partial charge in [-0.15, -0.1) is 0 Å². The monoisotopic (exact) mass is 909 g/mol. The van der Waals surface area contributed by atoms with E-state index in [-0.39, 0.29) is 53.2 Å². The number of hydrogen-bond acceptors (Lipinski definition) is 10. The second-order valence-corrected chi connectivity index (χ2v) is 18.8. The number of nitro benzene ring substituents is 1. The van der Waals surface area contributed by atoms with Crippen LogP contribution in [0.15, 0.2) is 157 Å². The van der Waals surface area contributed by atoms with Gasteiger partial charge in [0.25, 0.3) is 5.69 Å². The molecular formula is C52H55N5O8S. The third-order valence-electron chi connectivity index (χ3n) is 12.5. The van der Waals surface area contributed by atoms with E-state index >= 15 is 0 Å². The smallest absolute Gasteiger partial charge is 0.269 e. The van der Waals surface area contributed by atoms with Crippen molar-refractivity contribution in [2.75, 3.05) is 37.6 Å². The highest BCUT2D eigenvalue weighted by molar-refractivity contribution is 7.89. The van der Waals surface area contributed by atoms with E-state index in [1.807, 2.05) is 122 Å². The second-order valence-electron chi connectivity index (χ2n) is 17.1. The van der Waals surface area contributed by atoms with E-state index in [1.165, 1.54) is 12.1 Å². The minimum absolute atomic E-state index is 0.0124. The Kier molecular flexibility index (Phi) is 14.7. The van der Waals surface area contributed by atoms with Crippen LogP contribution in [0, 0.1) is 23.0 Å². The molecule has 2 heterocycles. The molecule has 342 valence electrons. The van der Waals surface area contributed by atoms with Crippen LogP contribution in [-0.4, -0.2) is 74.1 Å². The number of nitrogens with one attached hydrogen (secondary N) is 2. The van der Waals surface area contributed by atoms with Crippen molar-refractivity contribution in [3.8, 4) is 11.1 Å². The fourth-order valence-corrected chi connectivity index (χ4v) is 9.77. The van der Waals surface area contributed by atoms with Gasteiger partial charge in [0, 0.05) is 68.6 Å². The number of benzene rings is 6. The topological polar surface area (TPSA) is 164 Å². The van der Waals surface area contributed by atoms with E-state index in [1.54, 1.807) is 24.3 Å². The molecule has 8 rings (SSSR count). The Balaban J connectivity index is 0.940. The van der Waals surface area contributed by atoms with E-state index in [9.17, 15) is 28.4 Å². The van der Waals surface area contributed by atoms with Crippen molar-refractivity contribution in [3.05, 3.63) is 195 Å². The van der Waals surface area contributed by atoms with Crippen molar-refractivity contribution in [1.82, 2.24) is 14.9 Å². The van der Waals surface area contributed by atoms with Crippen LogP contribution in [0.4, 0.5) is 11.4 Å². The molecule has 66 heavy (non-hydrogen) atoms. The van der Waals surface area contributed by atoms with E-state index in [4.69, 9.17) is 9.47 Å². The van der Waals surface area contributed by atoms with Gasteiger partial charge < -0.3 is 24.8 Å². The molecule has 2 aliphatic rings. The molecule has 1 amide bonds. The summed E-state index contributed by atoms with van der Waals surface area (Å²) in [7, 11) is -3.98. The molecule has 6 aromatic carbocycles. The highest BCUT2D eigenvalue weighted by Gasteiger charge is 2.39. The van der Waals surface area contributed by atoms with Crippen LogP contribution in [0.1, 0.15) is 52.7 Å². The number of nitrogens with zero attached hydrogens (tertiary/aromatic N) is 3. The highest BCUT2D eigenvalue weighted by Crippen LogP contribution is 2.42. The number of aliphatic hydroxyl groups excluding tert-OH is 1. The lowest BCUT2D eigenvalue weighted by Crippen LogP contribution is -2.51. The summed E-state index contributed by atoms with van der Waals surface area (Å²) in [6.07, 6.45) is -0.885. The number of non-ortho nitro benzene ring substituents is 1. The number of rotatable bonds is 16. The summed E-state index contributed by atoms with van der Waals surface area (Å²) in [6.45, 7) is 8.08. The maximum absolute atomic E-state index is 13.7. The van der Waals surface area contributed by atoms with Crippen molar-refractivity contribution in [2.24, 2.45) is 5.92 Å². The van der Waals surface area contributed by atoms with Gasteiger partial charge in [0.2, 0.25) is 15.9 Å². The van der Waals surface area contributed by atoms with Gasteiger partial charge in [-0.05, 0) is 77.1 Å². The van der Waals surface area contributed by atoms with E-state index in [2.05, 4.69) is 26.8 Å². The molecule has 0 spiro atoms. The van der Waals surface area contributed by atoms with Gasteiger partial charge in [-0.3, -0.25) is 19.8 Å². The van der Waals surface area contributed by atoms with Gasteiger partial charge in [-0.25, -0.2) is 8.42 Å². The van der Waals surface area contributed by atoms with E-state index in [0.717, 1.165) is 76.4 Å². The van der Waals surface area contributed by atoms with Gasteiger partial charge in [0.05, 0.1) is 28.6 Å². The fraction of sp³-hybridized carbons (Fsp3) is 0.288. The zero-order chi connectivity index (χ0) is 46.2. The summed E-state index contributed by atoms with van der Waals surface area (Å²) >= 11 is 0. The number of ether oxygens (including phenoxy) is 2. The Morgan fingerprint density at radius 2 is 1.44 bits per heavy atom. The van der Waals surface area contributed by atoms with Crippen LogP contribution in [0.5, 0.6) is 0 Å². The third kappa shape index (κ3) is 11.4. The van der Waals surface area contributed by atoms with Crippen LogP contribution in [0.25, 0.3) is 11.1 Å². The predicted molar refractivity (Wildman–Crippen MR) is 254 cm³/mol. The van der Waals surface area contributed by atoms with Crippen molar-refractivity contribution in [1.29, 1.82) is 0 Å². The third-order valence-corrected chi connectivity index (χ3v) is 14.0. The standard InChI is InChI=1S/C52H55N5O8S/c1-36-11-25-47(26-12-36)66(62,63)54-48(32-38-7-4-3-5-8-38)51(59)53-33-40-9-6-10-44(31-40)41-17-19-43(20-18-41)52-64-49(37(2)50(65-52)42-15-13-39(35-58)14-16-42)34-55-27-29-56(30-28-55)45-21-23-46(24-22-45)57(60)61/h3-26,31,37,48-50,52,54,58H,27-30,32-35H2,1-2H3,(H,53,59). The molecule has 0 aromatic heterocycles. The number of piperazine rings is 1. The zero-order valence-electron chi connectivity index (χ0n) is 37.0. The summed E-state index contributed by atoms with van der Waals surface area (Å²) in [4.78, 5) is 29.3. The van der Waals surface area contributed by atoms with E-state index < -0.39 is 28.3 Å². The summed E-state index contributed by atoms with van der Waals surface area (Å²) in [5, 5.41) is 23.9. The van der Waals surface area contributed by atoms with Gasteiger partial charge in [-0.2, -0.15) is 4.72 Å². The van der Waals surface area contributed by atoms with Gasteiger partial charge >= 0.3 is 0 Å². The van der Waals surface area contributed by atoms with Crippen LogP contribution in [0.3, 0.4) is 0 Å². The number of aryl methyl sites for hydroxylation is 1. The Morgan fingerprint density at radius 1 is 0.773 bits per heavy atom. The quantitative estimate of drug-likeness (QED) is 0.0643. The minimum Gasteiger partial charge on any atom is -0.392 e. The van der Waals surface area contributed by atoms with Crippen molar-refractivity contribution >= 4 is 27.3 Å². The first-order valence-corrected chi connectivity index (χ1v) is 23.7. The summed E-state index contributed by atoms with van der Waals surface area (Å²) < 4.78 is 43.0. The molecule has 13 nitrogen and oxygen atoms in total. The van der Waals surface area contributed by atoms with Crippen LogP contribution >= 0.6 is 0 Å². The Bertz CT molecular complexity index is 2680. The lowest BCUT2D eigenvalue weighted by Gasteiger charge is -2.44. The molecule has 3 N–H and O–H groups in total. The average molecular weight is 910 g/mol. The highest BCUT2D eigenvalue weighted by atomic mass is 32.2. The van der Waals surface area contributed by atoms with Crippen molar-refractivity contribution < 1.29 is 32.7 Å². The number of hydrogen-bond donors (Lipinski definition) is 3. The molecular weight excluding hydrogens is 855 g/mol. The molecule has 14 heteroatoms. The number of amides is 1. The van der Waals surface area contributed by atoms with Gasteiger partial charge in [-0.1, -0.05) is 122 Å². The predicted octanol–water partition coefficient (Wildman–Crippen LogP) is 7.88. The van der Waals surface area contributed by atoms with Crippen molar-refractivity contribution in [3.63, 3.8) is 0 Å². The molecule has 0 bridgehead atoms. The Hall–Kier alpha value is -6.26. The number of aliphatic hydroxyl groups is 1. The van der Waals surface area contributed by atoms with Gasteiger partial charge in [0.1, 0.15) is 6.04 Å². The molecule has 0 radical (unpaired) electrons. The first kappa shape index (κ1) is 46.3. The van der Waals surface area contributed by atoms with Crippen molar-refractivity contribution in [2.45, 2.75) is 62.9 Å². The van der Waals surface area contributed by atoms with Gasteiger partial charge in [0.15, 0.2) is 6.29 Å². The molecule has 0 aliphatic carbocycles. The fourth-order valence-electron chi connectivity index (χ4n) is 8.57. The molecule has 5 atom stereocenters.